The number of hydrogen-bond donors (Lipinski definition) is 0. The summed E-state index contributed by atoms with van der Waals surface area (Å²) in [6.07, 6.45) is 0.306. The van der Waals surface area contributed by atoms with E-state index >= 15 is 0 Å². The Labute approximate surface area is 142 Å². The van der Waals surface area contributed by atoms with Gasteiger partial charge in [0.05, 0.1) is 12.7 Å². The van der Waals surface area contributed by atoms with Crippen molar-refractivity contribution < 1.29 is 14.1 Å². The summed E-state index contributed by atoms with van der Waals surface area (Å²) in [5.41, 5.74) is 0.884. The fourth-order valence-corrected chi connectivity index (χ4v) is 4.16. The Balaban J connectivity index is 2.44. The number of para-hydroxylation sites is 1. The highest BCUT2D eigenvalue weighted by Gasteiger charge is 2.24. The van der Waals surface area contributed by atoms with Crippen LogP contribution in [-0.4, -0.2) is 23.9 Å². The van der Waals surface area contributed by atoms with E-state index in [2.05, 4.69) is 0 Å². The first-order chi connectivity index (χ1) is 10.8. The van der Waals surface area contributed by atoms with Crippen molar-refractivity contribution in [3.8, 4) is 5.75 Å². The molecule has 3 nitrogen and oxygen atoms in total. The first kappa shape index (κ1) is 17.7. The molecule has 5 heteroatoms. The monoisotopic (exact) mass is 349 g/mol. The summed E-state index contributed by atoms with van der Waals surface area (Å²) in [5.74, 6) is 0.300. The molecule has 0 N–H and O–H groups in total. The molecular weight excluding hydrogens is 331 g/mol. The smallest absolute Gasteiger partial charge is 0.197 e. The maximum atomic E-state index is 12.9. The van der Waals surface area contributed by atoms with E-state index in [0.29, 0.717) is 28.3 Å². The highest BCUT2D eigenvalue weighted by Crippen LogP contribution is 2.32. The SMILES string of the molecule is COc1ccccc1C(=O)c1ccccc1[P](=O)CC(C)(C)Cl. The van der Waals surface area contributed by atoms with Gasteiger partial charge >= 0.3 is 0 Å². The minimum atomic E-state index is -1.76. The second kappa shape index (κ2) is 7.25. The van der Waals surface area contributed by atoms with E-state index < -0.39 is 12.7 Å². The Morgan fingerprint density at radius 2 is 1.65 bits per heavy atom. The van der Waals surface area contributed by atoms with Gasteiger partial charge in [0.25, 0.3) is 0 Å². The average molecular weight is 350 g/mol. The van der Waals surface area contributed by atoms with E-state index in [4.69, 9.17) is 16.3 Å². The molecule has 2 rings (SSSR count). The molecule has 2 aromatic rings. The Morgan fingerprint density at radius 1 is 1.09 bits per heavy atom. The molecule has 121 valence electrons. The summed E-state index contributed by atoms with van der Waals surface area (Å²) in [6, 6.07) is 14.0. The Bertz CT molecular complexity index is 735. The van der Waals surface area contributed by atoms with Gasteiger partial charge in [-0.25, -0.2) is 0 Å². The lowest BCUT2D eigenvalue weighted by atomic mass is 10.0. The molecular formula is C18H19ClO3P. The van der Waals surface area contributed by atoms with Crippen molar-refractivity contribution >= 4 is 30.5 Å². The zero-order valence-electron chi connectivity index (χ0n) is 13.4. The fraction of sp³-hybridized carbons (Fsp3) is 0.278. The Kier molecular flexibility index (Phi) is 5.56. The van der Waals surface area contributed by atoms with Gasteiger partial charge in [-0.1, -0.05) is 24.3 Å². The standard InChI is InChI=1S/C18H19ClO3P/c1-18(2,19)12-23(21)16-11-7-5-9-14(16)17(20)13-8-4-6-10-15(13)22-3/h4-11H,12H2,1-3H3. The van der Waals surface area contributed by atoms with Crippen molar-refractivity contribution in [2.45, 2.75) is 18.7 Å². The number of ketones is 1. The Morgan fingerprint density at radius 3 is 2.26 bits per heavy atom. The minimum absolute atomic E-state index is 0.200. The van der Waals surface area contributed by atoms with Crippen LogP contribution in [0.25, 0.3) is 0 Å². The molecule has 23 heavy (non-hydrogen) atoms. The van der Waals surface area contributed by atoms with Crippen LogP contribution >= 0.6 is 19.4 Å². The quantitative estimate of drug-likeness (QED) is 0.441. The highest BCUT2D eigenvalue weighted by molar-refractivity contribution is 7.53. The van der Waals surface area contributed by atoms with Crippen LogP contribution in [0.4, 0.5) is 0 Å². The molecule has 2 aromatic carbocycles. The van der Waals surface area contributed by atoms with Crippen LogP contribution in [0.1, 0.15) is 29.8 Å². The van der Waals surface area contributed by atoms with Gasteiger partial charge in [-0.2, -0.15) is 0 Å². The summed E-state index contributed by atoms with van der Waals surface area (Å²) >= 11 is 6.19. The zero-order valence-corrected chi connectivity index (χ0v) is 15.0. The van der Waals surface area contributed by atoms with Gasteiger partial charge in [0, 0.05) is 21.9 Å². The number of methoxy groups -OCH3 is 1. The maximum Gasteiger partial charge on any atom is 0.197 e. The molecule has 0 aliphatic rings. The van der Waals surface area contributed by atoms with Crippen molar-refractivity contribution in [3.63, 3.8) is 0 Å². The molecule has 1 atom stereocenters. The zero-order chi connectivity index (χ0) is 17.0. The molecule has 1 unspecified atom stereocenters. The lowest BCUT2D eigenvalue weighted by Crippen LogP contribution is -2.20. The van der Waals surface area contributed by atoms with Crippen molar-refractivity contribution in [1.82, 2.24) is 0 Å². The lowest BCUT2D eigenvalue weighted by molar-refractivity contribution is 0.103. The molecule has 0 aromatic heterocycles. The van der Waals surface area contributed by atoms with E-state index in [9.17, 15) is 9.36 Å². The van der Waals surface area contributed by atoms with Crippen molar-refractivity contribution in [2.24, 2.45) is 0 Å². The average Bonchev–Trinajstić information content (AvgIpc) is 2.52. The number of alkyl halides is 1. The third-order valence-corrected chi connectivity index (χ3v) is 5.61. The second-order valence-electron chi connectivity index (χ2n) is 5.80. The number of halogens is 1. The summed E-state index contributed by atoms with van der Waals surface area (Å²) in [5, 5.41) is 0.534. The highest BCUT2D eigenvalue weighted by atomic mass is 35.5. The minimum Gasteiger partial charge on any atom is -0.496 e. The third kappa shape index (κ3) is 4.40. The second-order valence-corrected chi connectivity index (χ2v) is 8.38. The van der Waals surface area contributed by atoms with Gasteiger partial charge in [-0.15, -0.1) is 11.6 Å². The molecule has 0 spiro atoms. The van der Waals surface area contributed by atoms with Gasteiger partial charge in [-0.3, -0.25) is 9.36 Å². The molecule has 1 radical (unpaired) electrons. The lowest BCUT2D eigenvalue weighted by Gasteiger charge is -2.16. The summed E-state index contributed by atoms with van der Waals surface area (Å²) in [6.45, 7) is 3.62. The first-order valence-electron chi connectivity index (χ1n) is 7.24. The summed E-state index contributed by atoms with van der Waals surface area (Å²) < 4.78 is 17.9. The van der Waals surface area contributed by atoms with Crippen LogP contribution in [0.3, 0.4) is 0 Å². The normalized spacial score (nSPS) is 11.9. The fourth-order valence-electron chi connectivity index (χ4n) is 2.29. The van der Waals surface area contributed by atoms with E-state index in [-0.39, 0.29) is 5.78 Å². The summed E-state index contributed by atoms with van der Waals surface area (Å²) in [4.78, 5) is 12.3. The topological polar surface area (TPSA) is 43.4 Å². The first-order valence-corrected chi connectivity index (χ1v) is 9.06. The Hall–Kier alpha value is -1.70. The molecule has 0 saturated heterocycles. The predicted molar refractivity (Wildman–Crippen MR) is 94.9 cm³/mol. The van der Waals surface area contributed by atoms with E-state index in [1.165, 1.54) is 7.11 Å². The van der Waals surface area contributed by atoms with E-state index in [1.54, 1.807) is 48.5 Å². The van der Waals surface area contributed by atoms with Gasteiger partial charge < -0.3 is 4.74 Å². The van der Waals surface area contributed by atoms with Crippen molar-refractivity contribution in [3.05, 3.63) is 59.7 Å². The third-order valence-electron chi connectivity index (χ3n) is 3.29. The molecule has 0 fully saturated rings. The summed E-state index contributed by atoms with van der Waals surface area (Å²) in [7, 11) is -0.242. The van der Waals surface area contributed by atoms with Gasteiger partial charge in [0.2, 0.25) is 0 Å². The molecule has 0 heterocycles. The molecule has 0 amide bonds. The number of ether oxygens (including phenoxy) is 1. The van der Waals surface area contributed by atoms with Gasteiger partial charge in [0.15, 0.2) is 5.78 Å². The molecule has 0 aliphatic heterocycles. The van der Waals surface area contributed by atoms with Crippen LogP contribution in [0.15, 0.2) is 48.5 Å². The van der Waals surface area contributed by atoms with Crippen LogP contribution < -0.4 is 10.0 Å². The van der Waals surface area contributed by atoms with Crippen LogP contribution in [-0.2, 0) is 4.57 Å². The molecule has 0 bridgehead atoms. The van der Waals surface area contributed by atoms with Crippen LogP contribution in [0, 0.1) is 0 Å². The van der Waals surface area contributed by atoms with E-state index in [0.717, 1.165) is 0 Å². The number of rotatable bonds is 6. The van der Waals surface area contributed by atoms with Crippen LogP contribution in [0.2, 0.25) is 0 Å². The number of carbonyl (C=O) groups is 1. The van der Waals surface area contributed by atoms with Gasteiger partial charge in [0.1, 0.15) is 13.6 Å². The number of carbonyl (C=O) groups excluding carboxylic acids is 1. The van der Waals surface area contributed by atoms with Crippen molar-refractivity contribution in [1.29, 1.82) is 0 Å². The molecule has 0 saturated carbocycles. The van der Waals surface area contributed by atoms with E-state index in [1.807, 2.05) is 13.8 Å². The van der Waals surface area contributed by atoms with Gasteiger partial charge in [-0.05, 0) is 38.1 Å². The number of hydrogen-bond acceptors (Lipinski definition) is 3. The predicted octanol–water partition coefficient (Wildman–Crippen LogP) is 4.40. The van der Waals surface area contributed by atoms with Crippen LogP contribution in [0.5, 0.6) is 5.75 Å². The van der Waals surface area contributed by atoms with Crippen molar-refractivity contribution in [2.75, 3.05) is 13.3 Å². The molecule has 0 aliphatic carbocycles. The largest absolute Gasteiger partial charge is 0.496 e. The number of benzene rings is 2. The maximum absolute atomic E-state index is 12.9.